The van der Waals surface area contributed by atoms with Crippen molar-refractivity contribution in [3.05, 3.63) is 48.5 Å². The molecule has 0 aliphatic carbocycles. The number of aryl methyl sites for hydroxylation is 1. The number of fused-ring (bicyclic) bond motifs is 3. The van der Waals surface area contributed by atoms with Crippen molar-refractivity contribution in [2.24, 2.45) is 7.05 Å². The van der Waals surface area contributed by atoms with Gasteiger partial charge in [0, 0.05) is 28.9 Å². The van der Waals surface area contributed by atoms with E-state index in [1.807, 2.05) is 55.4 Å². The Kier molecular flexibility index (Phi) is 14.5. The molecular formula is C21H35N. The van der Waals surface area contributed by atoms with Crippen LogP contribution < -0.4 is 0 Å². The van der Waals surface area contributed by atoms with Gasteiger partial charge in [-0.15, -0.1) is 0 Å². The van der Waals surface area contributed by atoms with Gasteiger partial charge in [-0.05, 0) is 12.1 Å². The Hall–Kier alpha value is -1.76. The average Bonchev–Trinajstić information content (AvgIpc) is 2.95. The lowest BCUT2D eigenvalue weighted by Crippen LogP contribution is -1.84. The molecule has 0 aliphatic rings. The molecule has 1 aromatic heterocycles. The molecule has 0 spiro atoms. The molecule has 1 nitrogen and oxygen atoms in total. The summed E-state index contributed by atoms with van der Waals surface area (Å²) in [5.74, 6) is 0. The first-order valence-electron chi connectivity index (χ1n) is 8.80. The van der Waals surface area contributed by atoms with Gasteiger partial charge in [-0.1, -0.05) is 91.8 Å². The molecule has 22 heavy (non-hydrogen) atoms. The number of para-hydroxylation sites is 2. The second-order valence-corrected chi connectivity index (χ2v) is 3.59. The molecule has 3 aromatic rings. The fraction of sp³-hybridized carbons (Fsp3) is 0.429. The van der Waals surface area contributed by atoms with Crippen molar-refractivity contribution in [2.75, 3.05) is 0 Å². The lowest BCUT2D eigenvalue weighted by atomic mass is 10.2. The van der Waals surface area contributed by atoms with Crippen LogP contribution in [0, 0.1) is 0 Å². The Balaban J connectivity index is 0. The van der Waals surface area contributed by atoms with Crippen molar-refractivity contribution in [3.8, 4) is 0 Å². The SMILES string of the molecule is CC.CC.CC.CC.Cn1c2ccccc2c2ccccc21. The van der Waals surface area contributed by atoms with Crippen LogP contribution in [0.2, 0.25) is 0 Å². The van der Waals surface area contributed by atoms with E-state index in [2.05, 4.69) is 60.1 Å². The first-order chi connectivity index (χ1) is 10.9. The largest absolute Gasteiger partial charge is 0.344 e. The van der Waals surface area contributed by atoms with Gasteiger partial charge in [-0.2, -0.15) is 0 Å². The Labute approximate surface area is 138 Å². The summed E-state index contributed by atoms with van der Waals surface area (Å²) >= 11 is 0. The van der Waals surface area contributed by atoms with Crippen molar-refractivity contribution in [3.63, 3.8) is 0 Å². The highest BCUT2D eigenvalue weighted by atomic mass is 14.9. The maximum atomic E-state index is 2.24. The van der Waals surface area contributed by atoms with Gasteiger partial charge in [0.25, 0.3) is 0 Å². The molecule has 0 aliphatic heterocycles. The van der Waals surface area contributed by atoms with Crippen LogP contribution in [0.4, 0.5) is 0 Å². The highest BCUT2D eigenvalue weighted by Crippen LogP contribution is 2.26. The van der Waals surface area contributed by atoms with Crippen LogP contribution in [0.5, 0.6) is 0 Å². The van der Waals surface area contributed by atoms with Crippen molar-refractivity contribution in [2.45, 2.75) is 55.4 Å². The monoisotopic (exact) mass is 301 g/mol. The molecule has 3 rings (SSSR count). The molecule has 0 unspecified atom stereocenters. The molecular weight excluding hydrogens is 266 g/mol. The molecule has 1 heteroatoms. The predicted molar refractivity (Wildman–Crippen MR) is 106 cm³/mol. The van der Waals surface area contributed by atoms with E-state index in [0.717, 1.165) is 0 Å². The van der Waals surface area contributed by atoms with E-state index in [9.17, 15) is 0 Å². The quantitative estimate of drug-likeness (QED) is 0.406. The summed E-state index contributed by atoms with van der Waals surface area (Å²) in [4.78, 5) is 0. The number of benzene rings is 2. The summed E-state index contributed by atoms with van der Waals surface area (Å²) in [6.07, 6.45) is 0. The number of hydrogen-bond acceptors (Lipinski definition) is 0. The lowest BCUT2D eigenvalue weighted by Gasteiger charge is -1.95. The zero-order chi connectivity index (χ0) is 17.5. The van der Waals surface area contributed by atoms with Crippen molar-refractivity contribution in [1.82, 2.24) is 4.57 Å². The molecule has 0 radical (unpaired) electrons. The van der Waals surface area contributed by atoms with Gasteiger partial charge in [-0.25, -0.2) is 0 Å². The molecule has 0 saturated heterocycles. The van der Waals surface area contributed by atoms with Crippen LogP contribution in [-0.2, 0) is 7.05 Å². The second-order valence-electron chi connectivity index (χ2n) is 3.59. The standard InChI is InChI=1S/C13H11N.4C2H6/c1-14-12-8-4-2-6-10(12)11-7-3-5-9-13(11)14;4*1-2/h2-9H,1H3;4*1-2H3. The van der Waals surface area contributed by atoms with Gasteiger partial charge in [0.05, 0.1) is 0 Å². The van der Waals surface area contributed by atoms with E-state index in [1.54, 1.807) is 0 Å². The van der Waals surface area contributed by atoms with Crippen LogP contribution in [-0.4, -0.2) is 4.57 Å². The fourth-order valence-electron chi connectivity index (χ4n) is 2.12. The van der Waals surface area contributed by atoms with Crippen LogP contribution in [0.15, 0.2) is 48.5 Å². The van der Waals surface area contributed by atoms with Gasteiger partial charge in [0.2, 0.25) is 0 Å². The summed E-state index contributed by atoms with van der Waals surface area (Å²) in [5.41, 5.74) is 2.60. The second kappa shape index (κ2) is 14.2. The maximum absolute atomic E-state index is 2.24. The van der Waals surface area contributed by atoms with Crippen molar-refractivity contribution in [1.29, 1.82) is 0 Å². The van der Waals surface area contributed by atoms with E-state index in [1.165, 1.54) is 21.8 Å². The zero-order valence-electron chi connectivity index (χ0n) is 16.1. The number of rotatable bonds is 0. The zero-order valence-corrected chi connectivity index (χ0v) is 16.1. The first-order valence-corrected chi connectivity index (χ1v) is 8.80. The van der Waals surface area contributed by atoms with Gasteiger partial charge in [0.1, 0.15) is 0 Å². The topological polar surface area (TPSA) is 4.93 Å². The highest BCUT2D eigenvalue weighted by molar-refractivity contribution is 6.07. The smallest absolute Gasteiger partial charge is 0.0488 e. The lowest BCUT2D eigenvalue weighted by molar-refractivity contribution is 1.01. The molecule has 1 heterocycles. The summed E-state index contributed by atoms with van der Waals surface area (Å²) < 4.78 is 2.24. The normalized spacial score (nSPS) is 8.23. The highest BCUT2D eigenvalue weighted by Gasteiger charge is 2.04. The third kappa shape index (κ3) is 5.22. The van der Waals surface area contributed by atoms with E-state index in [4.69, 9.17) is 0 Å². The summed E-state index contributed by atoms with van der Waals surface area (Å²) in [5, 5.41) is 2.68. The summed E-state index contributed by atoms with van der Waals surface area (Å²) in [7, 11) is 2.12. The molecule has 0 fully saturated rings. The average molecular weight is 302 g/mol. The number of aromatic nitrogens is 1. The molecule has 2 aromatic carbocycles. The predicted octanol–water partition coefficient (Wildman–Crippen LogP) is 7.44. The summed E-state index contributed by atoms with van der Waals surface area (Å²) in [6.45, 7) is 16.0. The van der Waals surface area contributed by atoms with E-state index < -0.39 is 0 Å². The molecule has 0 bridgehead atoms. The molecule has 0 N–H and O–H groups in total. The van der Waals surface area contributed by atoms with Gasteiger partial charge in [-0.3, -0.25) is 0 Å². The molecule has 0 saturated carbocycles. The Morgan fingerprint density at radius 1 is 0.500 bits per heavy atom. The van der Waals surface area contributed by atoms with E-state index in [0.29, 0.717) is 0 Å². The Morgan fingerprint density at radius 3 is 1.09 bits per heavy atom. The molecule has 124 valence electrons. The van der Waals surface area contributed by atoms with Crippen LogP contribution in [0.25, 0.3) is 21.8 Å². The Bertz CT molecular complexity index is 552. The number of hydrogen-bond donors (Lipinski definition) is 0. The number of nitrogens with zero attached hydrogens (tertiary/aromatic N) is 1. The summed E-state index contributed by atoms with van der Waals surface area (Å²) in [6, 6.07) is 17.0. The third-order valence-corrected chi connectivity index (χ3v) is 2.82. The first kappa shape index (κ1) is 22.5. The fourth-order valence-corrected chi connectivity index (χ4v) is 2.12. The molecule has 0 atom stereocenters. The van der Waals surface area contributed by atoms with Crippen LogP contribution in [0.1, 0.15) is 55.4 Å². The maximum Gasteiger partial charge on any atom is 0.0488 e. The third-order valence-electron chi connectivity index (χ3n) is 2.82. The van der Waals surface area contributed by atoms with E-state index >= 15 is 0 Å². The van der Waals surface area contributed by atoms with E-state index in [-0.39, 0.29) is 0 Å². The Morgan fingerprint density at radius 2 is 0.773 bits per heavy atom. The molecule has 0 amide bonds. The van der Waals surface area contributed by atoms with Crippen molar-refractivity contribution < 1.29 is 0 Å². The van der Waals surface area contributed by atoms with Crippen molar-refractivity contribution >= 4 is 21.8 Å². The van der Waals surface area contributed by atoms with Crippen LogP contribution in [0.3, 0.4) is 0 Å². The van der Waals surface area contributed by atoms with Gasteiger partial charge >= 0.3 is 0 Å². The minimum atomic E-state index is 1.30. The van der Waals surface area contributed by atoms with Gasteiger partial charge in [0.15, 0.2) is 0 Å². The minimum Gasteiger partial charge on any atom is -0.344 e. The minimum absolute atomic E-state index is 1.30. The van der Waals surface area contributed by atoms with Gasteiger partial charge < -0.3 is 4.57 Å². The van der Waals surface area contributed by atoms with Crippen LogP contribution >= 0.6 is 0 Å².